The predicted octanol–water partition coefficient (Wildman–Crippen LogP) is 4.75. The highest BCUT2D eigenvalue weighted by molar-refractivity contribution is 5.90. The lowest BCUT2D eigenvalue weighted by atomic mass is 9.87. The van der Waals surface area contributed by atoms with E-state index < -0.39 is 23.6 Å². The van der Waals surface area contributed by atoms with Crippen molar-refractivity contribution in [3.05, 3.63) is 65.7 Å². The van der Waals surface area contributed by atoms with Crippen molar-refractivity contribution in [3.63, 3.8) is 0 Å². The van der Waals surface area contributed by atoms with Gasteiger partial charge in [-0.25, -0.2) is 13.6 Å². The molecule has 9 heteroatoms. The summed E-state index contributed by atoms with van der Waals surface area (Å²) in [4.78, 5) is 42.3. The summed E-state index contributed by atoms with van der Waals surface area (Å²) in [6, 6.07) is 11.6. The van der Waals surface area contributed by atoms with Gasteiger partial charge in [0.25, 0.3) is 0 Å². The molecule has 2 fully saturated rings. The van der Waals surface area contributed by atoms with Gasteiger partial charge in [-0.3, -0.25) is 9.59 Å². The molecule has 2 heterocycles. The lowest BCUT2D eigenvalue weighted by Gasteiger charge is -2.41. The van der Waals surface area contributed by atoms with E-state index in [0.717, 1.165) is 11.6 Å². The predicted molar refractivity (Wildman–Crippen MR) is 130 cm³/mol. The molecule has 2 saturated heterocycles. The number of benzene rings is 2. The zero-order chi connectivity index (χ0) is 25.7. The lowest BCUT2D eigenvalue weighted by molar-refractivity contribution is -0.152. The maximum atomic E-state index is 14.2. The number of rotatable bonds is 5. The van der Waals surface area contributed by atoms with Crippen LogP contribution in [0.4, 0.5) is 19.3 Å². The first-order valence-electron chi connectivity index (χ1n) is 12.4. The molecule has 192 valence electrons. The Morgan fingerprint density at radius 1 is 1.00 bits per heavy atom. The minimum atomic E-state index is -0.873. The molecule has 4 rings (SSSR count). The van der Waals surface area contributed by atoms with E-state index in [2.05, 4.69) is 5.32 Å². The third-order valence-electron chi connectivity index (χ3n) is 6.90. The maximum Gasteiger partial charge on any atom is 0.322 e. The lowest BCUT2D eigenvalue weighted by Crippen LogP contribution is -2.51. The summed E-state index contributed by atoms with van der Waals surface area (Å²) in [6.45, 7) is 3.06. The second-order valence-electron chi connectivity index (χ2n) is 9.28. The molecule has 3 unspecified atom stereocenters. The zero-order valence-electron chi connectivity index (χ0n) is 20.3. The Balaban J connectivity index is 1.51. The molecular formula is C27H31F2N3O4. The summed E-state index contributed by atoms with van der Waals surface area (Å²) < 4.78 is 32.7. The van der Waals surface area contributed by atoms with E-state index in [-0.39, 0.29) is 36.1 Å². The number of halogens is 2. The molecule has 2 aromatic rings. The van der Waals surface area contributed by atoms with Gasteiger partial charge in [-0.05, 0) is 50.3 Å². The number of nitrogens with zero attached hydrogens (tertiary/aromatic N) is 2. The SMILES string of the molecule is CCOC(=O)C1CCCN(C(=O)C2CCC(c3ccccc3)N(C(=O)Nc3ccc(F)cc3F)C2)C1. The number of nitrogens with one attached hydrogen (secondary N) is 1. The van der Waals surface area contributed by atoms with Crippen LogP contribution in [0.3, 0.4) is 0 Å². The molecule has 3 amide bonds. The number of likely N-dealkylation sites (tertiary alicyclic amines) is 2. The van der Waals surface area contributed by atoms with Gasteiger partial charge in [0, 0.05) is 25.7 Å². The second kappa shape index (κ2) is 11.5. The molecule has 2 aliphatic heterocycles. The largest absolute Gasteiger partial charge is 0.466 e. The summed E-state index contributed by atoms with van der Waals surface area (Å²) in [5.41, 5.74) is 0.786. The first-order chi connectivity index (χ1) is 17.4. The van der Waals surface area contributed by atoms with Crippen molar-refractivity contribution < 1.29 is 27.9 Å². The highest BCUT2D eigenvalue weighted by atomic mass is 19.1. The molecular weight excluding hydrogens is 468 g/mol. The monoisotopic (exact) mass is 499 g/mol. The van der Waals surface area contributed by atoms with Crippen LogP contribution in [-0.4, -0.2) is 53.9 Å². The third-order valence-corrected chi connectivity index (χ3v) is 6.90. The van der Waals surface area contributed by atoms with Crippen molar-refractivity contribution in [2.75, 3.05) is 31.6 Å². The summed E-state index contributed by atoms with van der Waals surface area (Å²) in [5, 5.41) is 2.54. The smallest absolute Gasteiger partial charge is 0.322 e. The average Bonchev–Trinajstić information content (AvgIpc) is 2.90. The number of carbonyl (C=O) groups excluding carboxylic acids is 3. The number of hydrogen-bond acceptors (Lipinski definition) is 4. The standard InChI is InChI=1S/C27H31F2N3O4/c1-2-36-26(34)20-9-6-14-31(16-20)25(33)19-10-13-24(18-7-4-3-5-8-18)32(17-19)27(35)30-23-12-11-21(28)15-22(23)29/h3-5,7-8,11-12,15,19-20,24H,2,6,9-10,13-14,16-17H2,1H3,(H,30,35). The minimum Gasteiger partial charge on any atom is -0.466 e. The van der Waals surface area contributed by atoms with Crippen LogP contribution in [0.5, 0.6) is 0 Å². The van der Waals surface area contributed by atoms with Crippen LogP contribution < -0.4 is 5.32 Å². The van der Waals surface area contributed by atoms with Crippen LogP contribution in [0.1, 0.15) is 44.2 Å². The van der Waals surface area contributed by atoms with Crippen molar-refractivity contribution in [1.29, 1.82) is 0 Å². The Bertz CT molecular complexity index is 1100. The van der Waals surface area contributed by atoms with E-state index in [4.69, 9.17) is 4.74 Å². The number of carbonyl (C=O) groups is 3. The van der Waals surface area contributed by atoms with E-state index >= 15 is 0 Å². The molecule has 0 aliphatic carbocycles. The number of anilines is 1. The number of ether oxygens (including phenoxy) is 1. The molecule has 36 heavy (non-hydrogen) atoms. The van der Waals surface area contributed by atoms with Crippen LogP contribution in [-0.2, 0) is 14.3 Å². The van der Waals surface area contributed by atoms with E-state index in [1.54, 1.807) is 16.7 Å². The summed E-state index contributed by atoms with van der Waals surface area (Å²) in [5.74, 6) is -2.79. The van der Waals surface area contributed by atoms with E-state index in [9.17, 15) is 23.2 Å². The first kappa shape index (κ1) is 25.6. The number of amides is 3. The fraction of sp³-hybridized carbons (Fsp3) is 0.444. The minimum absolute atomic E-state index is 0.0960. The van der Waals surface area contributed by atoms with Gasteiger partial charge in [-0.15, -0.1) is 0 Å². The molecule has 0 spiro atoms. The van der Waals surface area contributed by atoms with E-state index in [1.807, 2.05) is 30.3 Å². The zero-order valence-corrected chi connectivity index (χ0v) is 20.3. The fourth-order valence-electron chi connectivity index (χ4n) is 5.08. The summed E-state index contributed by atoms with van der Waals surface area (Å²) in [6.07, 6.45) is 2.52. The van der Waals surface area contributed by atoms with Gasteiger partial charge in [0.05, 0.1) is 30.2 Å². The van der Waals surface area contributed by atoms with Gasteiger partial charge in [0.1, 0.15) is 11.6 Å². The Labute approximate surface area is 209 Å². The summed E-state index contributed by atoms with van der Waals surface area (Å²) in [7, 11) is 0. The summed E-state index contributed by atoms with van der Waals surface area (Å²) >= 11 is 0. The number of hydrogen-bond donors (Lipinski definition) is 1. The van der Waals surface area contributed by atoms with Crippen molar-refractivity contribution in [2.45, 2.75) is 38.6 Å². The van der Waals surface area contributed by atoms with Gasteiger partial charge in [0.15, 0.2) is 0 Å². The van der Waals surface area contributed by atoms with Crippen LogP contribution >= 0.6 is 0 Å². The van der Waals surface area contributed by atoms with Crippen LogP contribution in [0.15, 0.2) is 48.5 Å². The van der Waals surface area contributed by atoms with Crippen molar-refractivity contribution in [1.82, 2.24) is 9.80 Å². The molecule has 0 saturated carbocycles. The molecule has 0 bridgehead atoms. The first-order valence-corrected chi connectivity index (χ1v) is 12.4. The quantitative estimate of drug-likeness (QED) is 0.602. The molecule has 2 aromatic carbocycles. The Morgan fingerprint density at radius 3 is 2.50 bits per heavy atom. The third kappa shape index (κ3) is 5.83. The van der Waals surface area contributed by atoms with Gasteiger partial charge in [0.2, 0.25) is 5.91 Å². The van der Waals surface area contributed by atoms with E-state index in [0.29, 0.717) is 51.4 Å². The van der Waals surface area contributed by atoms with Crippen LogP contribution in [0.2, 0.25) is 0 Å². The average molecular weight is 500 g/mol. The van der Waals surface area contributed by atoms with Crippen molar-refractivity contribution >= 4 is 23.6 Å². The number of esters is 1. The highest BCUT2D eigenvalue weighted by Crippen LogP contribution is 2.35. The van der Waals surface area contributed by atoms with Crippen molar-refractivity contribution in [3.8, 4) is 0 Å². The maximum absolute atomic E-state index is 14.2. The fourth-order valence-corrected chi connectivity index (χ4v) is 5.08. The Morgan fingerprint density at radius 2 is 1.78 bits per heavy atom. The van der Waals surface area contributed by atoms with Crippen LogP contribution in [0, 0.1) is 23.5 Å². The van der Waals surface area contributed by atoms with Gasteiger partial charge >= 0.3 is 12.0 Å². The highest BCUT2D eigenvalue weighted by Gasteiger charge is 2.39. The van der Waals surface area contributed by atoms with Crippen LogP contribution in [0.25, 0.3) is 0 Å². The molecule has 3 atom stereocenters. The molecule has 1 N–H and O–H groups in total. The molecule has 2 aliphatic rings. The molecule has 0 aromatic heterocycles. The van der Waals surface area contributed by atoms with Gasteiger partial charge < -0.3 is 19.9 Å². The second-order valence-corrected chi connectivity index (χ2v) is 9.28. The molecule has 0 radical (unpaired) electrons. The topological polar surface area (TPSA) is 79.0 Å². The number of piperidine rings is 2. The Kier molecular flexibility index (Phi) is 8.18. The number of urea groups is 1. The van der Waals surface area contributed by atoms with Crippen molar-refractivity contribution in [2.24, 2.45) is 11.8 Å². The Hall–Kier alpha value is -3.49. The van der Waals surface area contributed by atoms with E-state index in [1.165, 1.54) is 6.07 Å². The van der Waals surface area contributed by atoms with Gasteiger partial charge in [-0.2, -0.15) is 0 Å². The molecule has 7 nitrogen and oxygen atoms in total. The normalized spacial score (nSPS) is 22.1. The van der Waals surface area contributed by atoms with Gasteiger partial charge in [-0.1, -0.05) is 30.3 Å².